The van der Waals surface area contributed by atoms with E-state index in [2.05, 4.69) is 6.92 Å². The molecule has 0 atom stereocenters. The van der Waals surface area contributed by atoms with Crippen LogP contribution >= 0.6 is 11.6 Å². The standard InChI is InChI=1S/C27H21ClN2O3/c1-2-14-32-22-11-8-18(9-12-22)26-19(17-30(29-26)21-6-4-3-5-7-21)15-25-27(31)23-16-20(28)10-13-24(23)33-25/h3-13,15-17H,2,14H2,1H3/b25-15-. The summed E-state index contributed by atoms with van der Waals surface area (Å²) >= 11 is 6.07. The first-order valence-corrected chi connectivity index (χ1v) is 11.1. The average molecular weight is 457 g/mol. The summed E-state index contributed by atoms with van der Waals surface area (Å²) in [6.45, 7) is 2.74. The van der Waals surface area contributed by atoms with Gasteiger partial charge >= 0.3 is 0 Å². The summed E-state index contributed by atoms with van der Waals surface area (Å²) in [6, 6.07) is 22.7. The average Bonchev–Trinajstić information content (AvgIpc) is 3.40. The number of halogens is 1. The second kappa shape index (κ2) is 8.96. The van der Waals surface area contributed by atoms with E-state index in [9.17, 15) is 4.79 Å². The number of fused-ring (bicyclic) bond motifs is 1. The van der Waals surface area contributed by atoms with E-state index >= 15 is 0 Å². The van der Waals surface area contributed by atoms with Crippen molar-refractivity contribution in [2.24, 2.45) is 0 Å². The van der Waals surface area contributed by atoms with Crippen molar-refractivity contribution >= 4 is 23.5 Å². The predicted octanol–water partition coefficient (Wildman–Crippen LogP) is 6.60. The molecule has 0 N–H and O–H groups in total. The van der Waals surface area contributed by atoms with Crippen LogP contribution in [-0.2, 0) is 0 Å². The van der Waals surface area contributed by atoms with E-state index in [-0.39, 0.29) is 11.5 Å². The largest absolute Gasteiger partial charge is 0.494 e. The Hall–Kier alpha value is -3.83. The second-order valence-corrected chi connectivity index (χ2v) is 8.10. The third kappa shape index (κ3) is 4.28. The minimum absolute atomic E-state index is 0.200. The lowest BCUT2D eigenvalue weighted by Crippen LogP contribution is -1.98. The number of allylic oxidation sites excluding steroid dienone is 1. The molecule has 33 heavy (non-hydrogen) atoms. The lowest BCUT2D eigenvalue weighted by atomic mass is 10.1. The Bertz CT molecular complexity index is 1340. The van der Waals surface area contributed by atoms with E-state index in [0.29, 0.717) is 22.9 Å². The van der Waals surface area contributed by atoms with E-state index in [1.165, 1.54) is 0 Å². The van der Waals surface area contributed by atoms with Gasteiger partial charge in [0.2, 0.25) is 5.78 Å². The molecule has 2 heterocycles. The smallest absolute Gasteiger partial charge is 0.232 e. The zero-order valence-corrected chi connectivity index (χ0v) is 18.8. The SMILES string of the molecule is CCCOc1ccc(-c2nn(-c3ccccc3)cc2/C=C2\Oc3ccc(Cl)cc3C2=O)cc1. The number of nitrogens with zero attached hydrogens (tertiary/aromatic N) is 2. The van der Waals surface area contributed by atoms with Gasteiger partial charge in [-0.25, -0.2) is 4.68 Å². The summed E-state index contributed by atoms with van der Waals surface area (Å²) in [5, 5.41) is 5.31. The first-order chi connectivity index (χ1) is 16.1. The number of carbonyl (C=O) groups excluding carboxylic acids is 1. The van der Waals surface area contributed by atoms with E-state index in [1.807, 2.05) is 60.8 Å². The van der Waals surface area contributed by atoms with Gasteiger partial charge in [0.05, 0.1) is 17.9 Å². The molecule has 3 aromatic carbocycles. The molecular weight excluding hydrogens is 436 g/mol. The van der Waals surface area contributed by atoms with Crippen molar-refractivity contribution in [1.82, 2.24) is 9.78 Å². The molecule has 0 bridgehead atoms. The number of hydrogen-bond acceptors (Lipinski definition) is 4. The Morgan fingerprint density at radius 3 is 2.61 bits per heavy atom. The monoisotopic (exact) mass is 456 g/mol. The number of aromatic nitrogens is 2. The zero-order chi connectivity index (χ0) is 22.8. The molecule has 4 aromatic rings. The molecule has 0 fully saturated rings. The van der Waals surface area contributed by atoms with Gasteiger partial charge in [-0.2, -0.15) is 5.10 Å². The summed E-state index contributed by atoms with van der Waals surface area (Å²) in [6.07, 6.45) is 4.58. The minimum Gasteiger partial charge on any atom is -0.494 e. The molecule has 6 heteroatoms. The molecule has 0 radical (unpaired) electrons. The summed E-state index contributed by atoms with van der Waals surface area (Å²) in [5.41, 5.74) is 3.79. The minimum atomic E-state index is -0.200. The molecule has 5 nitrogen and oxygen atoms in total. The summed E-state index contributed by atoms with van der Waals surface area (Å²) in [5.74, 6) is 1.35. The maximum absolute atomic E-state index is 12.9. The fourth-order valence-electron chi connectivity index (χ4n) is 3.66. The van der Waals surface area contributed by atoms with Crippen molar-refractivity contribution in [3.8, 4) is 28.4 Å². The van der Waals surface area contributed by atoms with Crippen LogP contribution in [0.1, 0.15) is 29.3 Å². The van der Waals surface area contributed by atoms with E-state index in [4.69, 9.17) is 26.2 Å². The summed E-state index contributed by atoms with van der Waals surface area (Å²) in [7, 11) is 0. The number of ketones is 1. The number of carbonyl (C=O) groups is 1. The molecule has 0 spiro atoms. The van der Waals surface area contributed by atoms with E-state index in [0.717, 1.165) is 34.7 Å². The molecular formula is C27H21ClN2O3. The Kier molecular flexibility index (Phi) is 5.71. The fourth-order valence-corrected chi connectivity index (χ4v) is 3.83. The van der Waals surface area contributed by atoms with Gasteiger partial charge in [-0.1, -0.05) is 36.7 Å². The van der Waals surface area contributed by atoms with Crippen LogP contribution in [0.3, 0.4) is 0 Å². The van der Waals surface area contributed by atoms with Gasteiger partial charge in [-0.15, -0.1) is 0 Å². The maximum atomic E-state index is 12.9. The number of rotatable bonds is 6. The van der Waals surface area contributed by atoms with Gasteiger partial charge in [-0.3, -0.25) is 4.79 Å². The molecule has 0 aliphatic carbocycles. The quantitative estimate of drug-likeness (QED) is 0.307. The number of benzene rings is 3. The first-order valence-electron chi connectivity index (χ1n) is 10.7. The van der Waals surface area contributed by atoms with Crippen molar-refractivity contribution in [3.05, 3.63) is 101 Å². The molecule has 0 unspecified atom stereocenters. The Balaban J connectivity index is 1.56. The summed E-state index contributed by atoms with van der Waals surface area (Å²) < 4.78 is 13.3. The highest BCUT2D eigenvalue weighted by molar-refractivity contribution is 6.31. The van der Waals surface area contributed by atoms with Crippen molar-refractivity contribution < 1.29 is 14.3 Å². The van der Waals surface area contributed by atoms with Gasteiger partial charge in [0.25, 0.3) is 0 Å². The highest BCUT2D eigenvalue weighted by Gasteiger charge is 2.28. The Labute approximate surface area is 196 Å². The zero-order valence-electron chi connectivity index (χ0n) is 18.0. The third-order valence-electron chi connectivity index (χ3n) is 5.28. The van der Waals surface area contributed by atoms with Crippen LogP contribution < -0.4 is 9.47 Å². The van der Waals surface area contributed by atoms with E-state index < -0.39 is 0 Å². The lowest BCUT2D eigenvalue weighted by Gasteiger charge is -2.05. The van der Waals surface area contributed by atoms with Crippen LogP contribution in [0.2, 0.25) is 5.02 Å². The Morgan fingerprint density at radius 2 is 1.85 bits per heavy atom. The molecule has 1 aromatic heterocycles. The maximum Gasteiger partial charge on any atom is 0.232 e. The topological polar surface area (TPSA) is 53.4 Å². The van der Waals surface area contributed by atoms with Crippen LogP contribution in [0.25, 0.3) is 23.0 Å². The van der Waals surface area contributed by atoms with Crippen molar-refractivity contribution in [2.45, 2.75) is 13.3 Å². The molecule has 164 valence electrons. The van der Waals surface area contributed by atoms with Crippen molar-refractivity contribution in [3.63, 3.8) is 0 Å². The van der Waals surface area contributed by atoms with Crippen molar-refractivity contribution in [1.29, 1.82) is 0 Å². The number of Topliss-reactive ketones (excluding diaryl/α,β-unsaturated/α-hetero) is 1. The van der Waals surface area contributed by atoms with Crippen LogP contribution in [0, 0.1) is 0 Å². The fraction of sp³-hybridized carbons (Fsp3) is 0.111. The molecule has 0 saturated carbocycles. The number of ether oxygens (including phenoxy) is 2. The normalized spacial score (nSPS) is 13.8. The highest BCUT2D eigenvalue weighted by atomic mass is 35.5. The van der Waals surface area contributed by atoms with Gasteiger partial charge in [-0.05, 0) is 67.1 Å². The van der Waals surface area contributed by atoms with E-state index in [1.54, 1.807) is 29.0 Å². The second-order valence-electron chi connectivity index (χ2n) is 7.67. The summed E-state index contributed by atoms with van der Waals surface area (Å²) in [4.78, 5) is 12.9. The first kappa shape index (κ1) is 21.0. The molecule has 0 saturated heterocycles. The molecule has 5 rings (SSSR count). The number of hydrogen-bond donors (Lipinski definition) is 0. The van der Waals surface area contributed by atoms with Crippen LogP contribution in [0.5, 0.6) is 11.5 Å². The molecule has 1 aliphatic heterocycles. The van der Waals surface area contributed by atoms with Crippen LogP contribution in [0.15, 0.2) is 84.8 Å². The van der Waals surface area contributed by atoms with Crippen LogP contribution in [0.4, 0.5) is 0 Å². The predicted molar refractivity (Wildman–Crippen MR) is 129 cm³/mol. The van der Waals surface area contributed by atoms with Crippen molar-refractivity contribution in [2.75, 3.05) is 6.61 Å². The van der Waals surface area contributed by atoms with Gasteiger partial charge in [0.15, 0.2) is 5.76 Å². The third-order valence-corrected chi connectivity index (χ3v) is 5.52. The van der Waals surface area contributed by atoms with Gasteiger partial charge in [0.1, 0.15) is 17.2 Å². The van der Waals surface area contributed by atoms with Crippen LogP contribution in [-0.4, -0.2) is 22.2 Å². The lowest BCUT2D eigenvalue weighted by molar-refractivity contribution is 0.101. The van der Waals surface area contributed by atoms with Gasteiger partial charge in [0, 0.05) is 22.3 Å². The Morgan fingerprint density at radius 1 is 1.06 bits per heavy atom. The van der Waals surface area contributed by atoms with Gasteiger partial charge < -0.3 is 9.47 Å². The molecule has 1 aliphatic rings. The molecule has 0 amide bonds. The highest BCUT2D eigenvalue weighted by Crippen LogP contribution is 2.35. The number of para-hydroxylation sites is 1.